The van der Waals surface area contributed by atoms with Crippen molar-refractivity contribution in [3.05, 3.63) is 109 Å². The van der Waals surface area contributed by atoms with Crippen LogP contribution in [0.15, 0.2) is 109 Å². The quantitative estimate of drug-likeness (QED) is 0.0243. The Morgan fingerprint density at radius 3 is 1.22 bits per heavy atom. The minimum absolute atomic E-state index is 0.0504. The van der Waals surface area contributed by atoms with Gasteiger partial charge in [0.15, 0.2) is 0 Å². The molecule has 0 aromatic heterocycles. The lowest BCUT2D eigenvalue weighted by Gasteiger charge is -2.25. The van der Waals surface area contributed by atoms with E-state index in [1.54, 1.807) is 6.08 Å². The van der Waals surface area contributed by atoms with Gasteiger partial charge in [-0.1, -0.05) is 252 Å². The Morgan fingerprint density at radius 2 is 0.833 bits per heavy atom. The molecule has 3 N–H and O–H groups in total. The van der Waals surface area contributed by atoms with Crippen LogP contribution in [0.5, 0.6) is 0 Å². The fourth-order valence-corrected chi connectivity index (χ4v) is 8.68. The molecule has 0 aromatic carbocycles. The SMILES string of the molecule is CC/C=C\C/C=C\C/C=C\C/C=C\C/C=C\C/C=C\C/C=C\C/C=C\CCCCCCC(=O)NC(COP(=O)(O)OCC[N+](C)(C)C)C(O)/C=C/CCCCCCCCCCCCCCCCCCCCC. The number of likely N-dealkylation sites (N-methyl/N-ethyl adjacent to an activating group) is 1. The summed E-state index contributed by atoms with van der Waals surface area (Å²) in [6, 6.07) is -0.869. The lowest BCUT2D eigenvalue weighted by Crippen LogP contribution is -2.45. The minimum atomic E-state index is -4.36. The molecule has 0 radical (unpaired) electrons. The summed E-state index contributed by atoms with van der Waals surface area (Å²) in [6.45, 7) is 4.68. The van der Waals surface area contributed by atoms with Crippen molar-refractivity contribution in [2.45, 2.75) is 244 Å². The predicted molar refractivity (Wildman–Crippen MR) is 313 cm³/mol. The Labute approximate surface area is 444 Å². The molecule has 3 atom stereocenters. The molecule has 8 nitrogen and oxygen atoms in total. The summed E-state index contributed by atoms with van der Waals surface area (Å²) in [5.41, 5.74) is 0. The maximum atomic E-state index is 13.0. The third-order valence-corrected chi connectivity index (χ3v) is 13.5. The van der Waals surface area contributed by atoms with Crippen LogP contribution in [-0.4, -0.2) is 73.4 Å². The number of aliphatic hydroxyl groups is 1. The van der Waals surface area contributed by atoms with Gasteiger partial charge in [-0.2, -0.15) is 0 Å². The standard InChI is InChI=1S/C63H111N2O6P/c1-6-8-10-12-14-16-18-20-22-24-26-28-29-30-31-32-33-34-35-37-39-41-43-45-47-49-51-53-55-57-63(67)64-61(60-71-72(68,69)70-59-58-65(3,4)5)62(66)56-54-52-50-48-46-44-42-40-38-36-27-25-23-21-19-17-15-13-11-9-7-2/h8,10,14,16,20,22,26,28,30-31,33-34,37,39,43,45,54,56,61-62,66H,6-7,9,11-13,15,17-19,21,23-25,27,29,32,35-36,38,40-42,44,46-53,55,57-60H2,1-5H3,(H-,64,67,68,69)/p+1/b10-8-,16-14-,22-20-,28-26-,31-30-,34-33-,39-37-,45-43-,56-54+. The number of nitrogens with one attached hydrogen (secondary N) is 1. The van der Waals surface area contributed by atoms with Crippen molar-refractivity contribution in [3.63, 3.8) is 0 Å². The van der Waals surface area contributed by atoms with Crippen molar-refractivity contribution in [1.29, 1.82) is 0 Å². The molecule has 0 aliphatic carbocycles. The molecule has 72 heavy (non-hydrogen) atoms. The average Bonchev–Trinajstić information content (AvgIpc) is 3.34. The lowest BCUT2D eigenvalue weighted by atomic mass is 10.0. The summed E-state index contributed by atoms with van der Waals surface area (Å²) >= 11 is 0. The number of carbonyl (C=O) groups is 1. The van der Waals surface area contributed by atoms with Crippen LogP contribution in [0.25, 0.3) is 0 Å². The first-order valence-corrected chi connectivity index (χ1v) is 30.8. The maximum absolute atomic E-state index is 13.0. The number of unbranched alkanes of at least 4 members (excludes halogenated alkanes) is 23. The number of aliphatic hydroxyl groups excluding tert-OH is 1. The molecule has 0 aromatic rings. The highest BCUT2D eigenvalue weighted by Crippen LogP contribution is 2.43. The molecule has 0 saturated carbocycles. The molecule has 0 spiro atoms. The van der Waals surface area contributed by atoms with E-state index in [1.165, 1.54) is 109 Å². The molecule has 0 heterocycles. The van der Waals surface area contributed by atoms with Crippen molar-refractivity contribution >= 4 is 13.7 Å². The predicted octanol–water partition coefficient (Wildman–Crippen LogP) is 18.0. The first-order chi connectivity index (χ1) is 35.0. The van der Waals surface area contributed by atoms with Gasteiger partial charge in [0.05, 0.1) is 39.9 Å². The van der Waals surface area contributed by atoms with Crippen molar-refractivity contribution in [2.24, 2.45) is 0 Å². The van der Waals surface area contributed by atoms with Crippen LogP contribution in [-0.2, 0) is 18.4 Å². The smallest absolute Gasteiger partial charge is 0.387 e. The van der Waals surface area contributed by atoms with Gasteiger partial charge in [-0.3, -0.25) is 13.8 Å². The summed E-state index contributed by atoms with van der Waals surface area (Å²) in [7, 11) is 1.54. The number of phosphoric ester groups is 1. The van der Waals surface area contributed by atoms with E-state index < -0.39 is 20.0 Å². The highest BCUT2D eigenvalue weighted by molar-refractivity contribution is 7.47. The second-order valence-corrected chi connectivity index (χ2v) is 22.1. The molecular formula is C63H112N2O6P+. The maximum Gasteiger partial charge on any atom is 0.472 e. The van der Waals surface area contributed by atoms with E-state index in [9.17, 15) is 19.4 Å². The van der Waals surface area contributed by atoms with Crippen LogP contribution in [0, 0.1) is 0 Å². The van der Waals surface area contributed by atoms with Crippen LogP contribution in [0.4, 0.5) is 0 Å². The second kappa shape index (κ2) is 53.0. The molecule has 0 aliphatic heterocycles. The molecule has 0 bridgehead atoms. The highest BCUT2D eigenvalue weighted by Gasteiger charge is 2.27. The number of phosphoric acid groups is 1. The van der Waals surface area contributed by atoms with Crippen LogP contribution in [0.2, 0.25) is 0 Å². The van der Waals surface area contributed by atoms with Gasteiger partial charge in [0.1, 0.15) is 13.2 Å². The number of nitrogens with zero attached hydrogens (tertiary/aromatic N) is 1. The van der Waals surface area contributed by atoms with E-state index in [2.05, 4.69) is 116 Å². The van der Waals surface area contributed by atoms with Crippen LogP contribution < -0.4 is 5.32 Å². The monoisotopic (exact) mass is 1020 g/mol. The first kappa shape index (κ1) is 69.2. The van der Waals surface area contributed by atoms with Gasteiger partial charge in [-0.25, -0.2) is 4.57 Å². The van der Waals surface area contributed by atoms with E-state index in [0.29, 0.717) is 17.4 Å². The zero-order chi connectivity index (χ0) is 52.7. The van der Waals surface area contributed by atoms with E-state index in [1.807, 2.05) is 27.2 Å². The van der Waals surface area contributed by atoms with Gasteiger partial charge in [0.25, 0.3) is 0 Å². The number of carbonyl (C=O) groups excluding carboxylic acids is 1. The van der Waals surface area contributed by atoms with Gasteiger partial charge in [0.2, 0.25) is 5.91 Å². The summed E-state index contributed by atoms with van der Waals surface area (Å²) in [5.74, 6) is -0.204. The van der Waals surface area contributed by atoms with Crippen LogP contribution in [0.1, 0.15) is 232 Å². The number of hydrogen-bond donors (Lipinski definition) is 3. The van der Waals surface area contributed by atoms with Crippen molar-refractivity contribution in [1.82, 2.24) is 5.32 Å². The molecular weight excluding hydrogens is 912 g/mol. The normalized spacial score (nSPS) is 14.7. The van der Waals surface area contributed by atoms with E-state index >= 15 is 0 Å². The average molecular weight is 1020 g/mol. The summed E-state index contributed by atoms with van der Waals surface area (Å²) in [6.07, 6.45) is 77.5. The number of hydrogen-bond acceptors (Lipinski definition) is 5. The van der Waals surface area contributed by atoms with Gasteiger partial charge in [-0.15, -0.1) is 0 Å². The molecule has 0 fully saturated rings. The number of amides is 1. The Bertz CT molecular complexity index is 1540. The van der Waals surface area contributed by atoms with E-state index in [4.69, 9.17) is 9.05 Å². The van der Waals surface area contributed by atoms with Crippen molar-refractivity contribution in [2.75, 3.05) is 40.9 Å². The molecule has 0 rings (SSSR count). The van der Waals surface area contributed by atoms with Crippen molar-refractivity contribution < 1.29 is 32.9 Å². The summed E-state index contributed by atoms with van der Waals surface area (Å²) in [5, 5.41) is 13.9. The van der Waals surface area contributed by atoms with Gasteiger partial charge >= 0.3 is 7.82 Å². The van der Waals surface area contributed by atoms with Crippen LogP contribution in [0.3, 0.4) is 0 Å². The Morgan fingerprint density at radius 1 is 0.486 bits per heavy atom. The summed E-state index contributed by atoms with van der Waals surface area (Å²) < 4.78 is 23.7. The minimum Gasteiger partial charge on any atom is -0.387 e. The van der Waals surface area contributed by atoms with Gasteiger partial charge in [-0.05, 0) is 83.5 Å². The molecule has 9 heteroatoms. The topological polar surface area (TPSA) is 105 Å². The van der Waals surface area contributed by atoms with E-state index in [-0.39, 0.29) is 19.1 Å². The van der Waals surface area contributed by atoms with Gasteiger partial charge < -0.3 is 19.8 Å². The second-order valence-electron chi connectivity index (χ2n) is 20.6. The fraction of sp³-hybridized carbons (Fsp3) is 0.698. The number of quaternary nitrogens is 1. The number of rotatable bonds is 52. The third-order valence-electron chi connectivity index (χ3n) is 12.5. The molecule has 0 aliphatic rings. The molecule has 414 valence electrons. The Balaban J connectivity index is 4.32. The van der Waals surface area contributed by atoms with E-state index in [0.717, 1.165) is 103 Å². The Hall–Kier alpha value is -2.84. The fourth-order valence-electron chi connectivity index (χ4n) is 7.94. The zero-order valence-electron chi connectivity index (χ0n) is 47.1. The first-order valence-electron chi connectivity index (χ1n) is 29.3. The largest absolute Gasteiger partial charge is 0.472 e. The molecule has 1 amide bonds. The number of allylic oxidation sites excluding steroid dienone is 17. The molecule has 3 unspecified atom stereocenters. The highest BCUT2D eigenvalue weighted by atomic mass is 31.2. The third kappa shape index (κ3) is 54.9. The zero-order valence-corrected chi connectivity index (χ0v) is 48.0. The molecule has 0 saturated heterocycles. The Kier molecular flexibility index (Phi) is 50.9. The van der Waals surface area contributed by atoms with Gasteiger partial charge in [0, 0.05) is 6.42 Å². The van der Waals surface area contributed by atoms with Crippen LogP contribution >= 0.6 is 7.82 Å². The summed E-state index contributed by atoms with van der Waals surface area (Å²) in [4.78, 5) is 23.3. The lowest BCUT2D eigenvalue weighted by molar-refractivity contribution is -0.870. The van der Waals surface area contributed by atoms with Crippen molar-refractivity contribution in [3.8, 4) is 0 Å².